The SMILES string of the molecule is CCOC(=O)CC(N)Cc1cc(OC)ccc1OC. The summed E-state index contributed by atoms with van der Waals surface area (Å²) in [6.45, 7) is 2.14. The van der Waals surface area contributed by atoms with Crippen LogP contribution in [-0.4, -0.2) is 32.8 Å². The lowest BCUT2D eigenvalue weighted by Crippen LogP contribution is -2.27. The Balaban J connectivity index is 2.71. The summed E-state index contributed by atoms with van der Waals surface area (Å²) in [6, 6.07) is 5.20. The molecule has 1 atom stereocenters. The second kappa shape index (κ2) is 7.63. The van der Waals surface area contributed by atoms with Gasteiger partial charge in [-0.3, -0.25) is 4.79 Å². The Morgan fingerprint density at radius 3 is 2.63 bits per heavy atom. The fourth-order valence-corrected chi connectivity index (χ4v) is 1.83. The van der Waals surface area contributed by atoms with Crippen molar-refractivity contribution in [3.05, 3.63) is 23.8 Å². The zero-order valence-corrected chi connectivity index (χ0v) is 11.6. The molecule has 0 aliphatic heterocycles. The molecule has 19 heavy (non-hydrogen) atoms. The number of benzene rings is 1. The maximum Gasteiger partial charge on any atom is 0.307 e. The van der Waals surface area contributed by atoms with Crippen LogP contribution in [0.1, 0.15) is 18.9 Å². The van der Waals surface area contributed by atoms with Crippen molar-refractivity contribution in [2.24, 2.45) is 5.73 Å². The average molecular weight is 267 g/mol. The predicted molar refractivity (Wildman–Crippen MR) is 72.5 cm³/mol. The Morgan fingerprint density at radius 2 is 2.05 bits per heavy atom. The zero-order chi connectivity index (χ0) is 14.3. The van der Waals surface area contributed by atoms with Crippen LogP contribution in [-0.2, 0) is 16.0 Å². The molecule has 5 heteroatoms. The van der Waals surface area contributed by atoms with E-state index in [1.807, 2.05) is 18.2 Å². The highest BCUT2D eigenvalue weighted by molar-refractivity contribution is 5.70. The molecule has 1 unspecified atom stereocenters. The third-order valence-corrected chi connectivity index (χ3v) is 2.70. The summed E-state index contributed by atoms with van der Waals surface area (Å²) >= 11 is 0. The van der Waals surface area contributed by atoms with Crippen molar-refractivity contribution in [1.82, 2.24) is 0 Å². The van der Waals surface area contributed by atoms with Gasteiger partial charge in [0.25, 0.3) is 0 Å². The average Bonchev–Trinajstić information content (AvgIpc) is 2.38. The summed E-state index contributed by atoms with van der Waals surface area (Å²) < 4.78 is 15.3. The van der Waals surface area contributed by atoms with Crippen LogP contribution in [0, 0.1) is 0 Å². The molecule has 0 fully saturated rings. The van der Waals surface area contributed by atoms with Gasteiger partial charge in [-0.25, -0.2) is 0 Å². The monoisotopic (exact) mass is 267 g/mol. The Hall–Kier alpha value is -1.75. The van der Waals surface area contributed by atoms with Crippen LogP contribution in [0.15, 0.2) is 18.2 Å². The molecule has 0 aromatic heterocycles. The minimum absolute atomic E-state index is 0.189. The predicted octanol–water partition coefficient (Wildman–Crippen LogP) is 1.53. The van der Waals surface area contributed by atoms with Gasteiger partial charge in [0.2, 0.25) is 0 Å². The highest BCUT2D eigenvalue weighted by Crippen LogP contribution is 2.25. The van der Waals surface area contributed by atoms with E-state index in [1.54, 1.807) is 21.1 Å². The first kappa shape index (κ1) is 15.3. The van der Waals surface area contributed by atoms with Gasteiger partial charge in [-0.05, 0) is 37.1 Å². The third-order valence-electron chi connectivity index (χ3n) is 2.70. The number of esters is 1. The molecule has 1 aromatic carbocycles. The van der Waals surface area contributed by atoms with Crippen molar-refractivity contribution in [2.75, 3.05) is 20.8 Å². The fourth-order valence-electron chi connectivity index (χ4n) is 1.83. The molecule has 106 valence electrons. The third kappa shape index (κ3) is 4.79. The Labute approximate surface area is 113 Å². The molecule has 1 rings (SSSR count). The molecule has 0 saturated carbocycles. The van der Waals surface area contributed by atoms with Crippen molar-refractivity contribution < 1.29 is 19.0 Å². The molecule has 0 bridgehead atoms. The topological polar surface area (TPSA) is 70.8 Å². The summed E-state index contributed by atoms with van der Waals surface area (Å²) in [6.07, 6.45) is 0.716. The van der Waals surface area contributed by atoms with E-state index in [4.69, 9.17) is 19.9 Å². The first-order valence-corrected chi connectivity index (χ1v) is 6.22. The lowest BCUT2D eigenvalue weighted by molar-refractivity contribution is -0.143. The summed E-state index contributed by atoms with van der Waals surface area (Å²) in [7, 11) is 3.20. The van der Waals surface area contributed by atoms with Gasteiger partial charge < -0.3 is 19.9 Å². The van der Waals surface area contributed by atoms with Gasteiger partial charge in [0.15, 0.2) is 0 Å². The first-order valence-electron chi connectivity index (χ1n) is 6.22. The number of carbonyl (C=O) groups excluding carboxylic acids is 1. The van der Waals surface area contributed by atoms with Crippen LogP contribution >= 0.6 is 0 Å². The van der Waals surface area contributed by atoms with E-state index in [1.165, 1.54) is 0 Å². The Morgan fingerprint density at radius 1 is 1.32 bits per heavy atom. The van der Waals surface area contributed by atoms with E-state index in [0.717, 1.165) is 17.1 Å². The van der Waals surface area contributed by atoms with E-state index in [0.29, 0.717) is 13.0 Å². The molecule has 0 heterocycles. The molecule has 0 saturated heterocycles. The summed E-state index contributed by atoms with van der Waals surface area (Å²) in [5.41, 5.74) is 6.87. The van der Waals surface area contributed by atoms with E-state index >= 15 is 0 Å². The van der Waals surface area contributed by atoms with Crippen molar-refractivity contribution >= 4 is 5.97 Å². The number of methoxy groups -OCH3 is 2. The molecular formula is C14H21NO4. The molecule has 0 aliphatic rings. The molecule has 1 aromatic rings. The van der Waals surface area contributed by atoms with Crippen LogP contribution in [0.2, 0.25) is 0 Å². The summed E-state index contributed by atoms with van der Waals surface area (Å²) in [5, 5.41) is 0. The van der Waals surface area contributed by atoms with E-state index < -0.39 is 0 Å². The minimum Gasteiger partial charge on any atom is -0.497 e. The molecule has 0 amide bonds. The smallest absolute Gasteiger partial charge is 0.307 e. The lowest BCUT2D eigenvalue weighted by atomic mass is 10.0. The van der Waals surface area contributed by atoms with Gasteiger partial charge in [-0.15, -0.1) is 0 Å². The van der Waals surface area contributed by atoms with Gasteiger partial charge in [0.1, 0.15) is 11.5 Å². The molecule has 0 radical (unpaired) electrons. The van der Waals surface area contributed by atoms with Gasteiger partial charge in [0.05, 0.1) is 27.2 Å². The summed E-state index contributed by atoms with van der Waals surface area (Å²) in [4.78, 5) is 11.4. The molecular weight excluding hydrogens is 246 g/mol. The fraction of sp³-hybridized carbons (Fsp3) is 0.500. The van der Waals surface area contributed by atoms with Crippen LogP contribution in [0.4, 0.5) is 0 Å². The van der Waals surface area contributed by atoms with Crippen LogP contribution in [0.3, 0.4) is 0 Å². The first-order chi connectivity index (χ1) is 9.10. The van der Waals surface area contributed by atoms with E-state index in [-0.39, 0.29) is 18.4 Å². The zero-order valence-electron chi connectivity index (χ0n) is 11.6. The number of carbonyl (C=O) groups is 1. The van der Waals surface area contributed by atoms with Crippen molar-refractivity contribution in [3.63, 3.8) is 0 Å². The van der Waals surface area contributed by atoms with Crippen LogP contribution in [0.5, 0.6) is 11.5 Å². The minimum atomic E-state index is -0.306. The number of hydrogen-bond acceptors (Lipinski definition) is 5. The normalized spacial score (nSPS) is 11.8. The summed E-state index contributed by atoms with van der Waals surface area (Å²) in [5.74, 6) is 1.19. The number of ether oxygens (including phenoxy) is 3. The van der Waals surface area contributed by atoms with Gasteiger partial charge in [-0.2, -0.15) is 0 Å². The van der Waals surface area contributed by atoms with Gasteiger partial charge in [-0.1, -0.05) is 0 Å². The number of nitrogens with two attached hydrogens (primary N) is 1. The quantitative estimate of drug-likeness (QED) is 0.758. The Bertz CT molecular complexity index is 420. The van der Waals surface area contributed by atoms with Crippen LogP contribution < -0.4 is 15.2 Å². The molecule has 0 spiro atoms. The number of rotatable bonds is 7. The Kier molecular flexibility index (Phi) is 6.15. The molecule has 2 N–H and O–H groups in total. The van der Waals surface area contributed by atoms with Crippen molar-refractivity contribution in [1.29, 1.82) is 0 Å². The molecule has 5 nitrogen and oxygen atoms in total. The second-order valence-electron chi connectivity index (χ2n) is 4.15. The van der Waals surface area contributed by atoms with E-state index in [2.05, 4.69) is 0 Å². The number of hydrogen-bond donors (Lipinski definition) is 1. The molecule has 0 aliphatic carbocycles. The highest BCUT2D eigenvalue weighted by Gasteiger charge is 2.14. The maximum absolute atomic E-state index is 11.4. The second-order valence-corrected chi connectivity index (χ2v) is 4.15. The van der Waals surface area contributed by atoms with Gasteiger partial charge in [0, 0.05) is 6.04 Å². The van der Waals surface area contributed by atoms with E-state index in [9.17, 15) is 4.79 Å². The highest BCUT2D eigenvalue weighted by atomic mass is 16.5. The maximum atomic E-state index is 11.4. The van der Waals surface area contributed by atoms with Crippen molar-refractivity contribution in [2.45, 2.75) is 25.8 Å². The largest absolute Gasteiger partial charge is 0.497 e. The van der Waals surface area contributed by atoms with Crippen LogP contribution in [0.25, 0.3) is 0 Å². The van der Waals surface area contributed by atoms with Crippen molar-refractivity contribution in [3.8, 4) is 11.5 Å². The lowest BCUT2D eigenvalue weighted by Gasteiger charge is -2.14. The van der Waals surface area contributed by atoms with Gasteiger partial charge >= 0.3 is 5.97 Å². The standard InChI is InChI=1S/C14H21NO4/c1-4-19-14(16)9-11(15)7-10-8-12(17-2)5-6-13(10)18-3/h5-6,8,11H,4,7,9,15H2,1-3H3.